The predicted octanol–water partition coefficient (Wildman–Crippen LogP) is 7.75. The monoisotopic (exact) mass is 381 g/mol. The minimum atomic E-state index is -2.30. The van der Waals surface area contributed by atoms with Crippen LogP contribution in [-0.2, 0) is 0 Å². The smallest absolute Gasteiger partial charge is 0.144 e. The average molecular weight is 382 g/mol. The van der Waals surface area contributed by atoms with Crippen LogP contribution in [0.2, 0.25) is 0 Å². The van der Waals surface area contributed by atoms with Crippen LogP contribution >= 0.6 is 0 Å². The summed E-state index contributed by atoms with van der Waals surface area (Å²) in [5.41, 5.74) is 5.61. The zero-order valence-corrected chi connectivity index (χ0v) is 16.4. The fourth-order valence-corrected chi connectivity index (χ4v) is 3.83. The lowest BCUT2D eigenvalue weighted by Crippen LogP contribution is -1.92. The van der Waals surface area contributed by atoms with Crippen LogP contribution in [0.5, 0.6) is 0 Å². The summed E-state index contributed by atoms with van der Waals surface area (Å²) in [5, 5.41) is 2.12. The van der Waals surface area contributed by atoms with E-state index in [4.69, 9.17) is 9.90 Å². The van der Waals surface area contributed by atoms with Gasteiger partial charge >= 0.3 is 0 Å². The Morgan fingerprint density at radius 3 is 2.52 bits per heavy atom. The molecule has 5 aromatic rings. The van der Waals surface area contributed by atoms with E-state index in [1.54, 1.807) is 32.2 Å². The average Bonchev–Trinajstić information content (AvgIpc) is 3.16. The molecule has 0 bridgehead atoms. The summed E-state index contributed by atoms with van der Waals surface area (Å²) < 4.78 is 38.3. The minimum absolute atomic E-state index is 0.205. The maximum Gasteiger partial charge on any atom is 0.144 e. The van der Waals surface area contributed by atoms with Crippen molar-refractivity contribution in [3.63, 3.8) is 0 Å². The fourth-order valence-electron chi connectivity index (χ4n) is 3.83. The van der Waals surface area contributed by atoms with Crippen molar-refractivity contribution >= 4 is 21.9 Å². The molecule has 3 aromatic carbocycles. The van der Waals surface area contributed by atoms with E-state index >= 15 is 0 Å². The van der Waals surface area contributed by atoms with Gasteiger partial charge in [-0.05, 0) is 47.6 Å². The molecule has 0 unspecified atom stereocenters. The Hall–Kier alpha value is -3.39. The third-order valence-electron chi connectivity index (χ3n) is 5.34. The van der Waals surface area contributed by atoms with E-state index in [-0.39, 0.29) is 5.56 Å². The number of rotatable bonds is 3. The standard InChI is InChI=1S/C27H23NO/c1-17(2)21-13-11-19(15-18(21)3)20-12-14-25(28-16-20)24-9-6-8-23-22-7-4-5-10-26(22)29-27(23)24/h4-17H,1-3H3/i3D3,17D. The molecule has 2 aromatic heterocycles. The van der Waals surface area contributed by atoms with E-state index in [0.29, 0.717) is 5.56 Å². The molecule has 5 rings (SSSR count). The van der Waals surface area contributed by atoms with Crippen molar-refractivity contribution in [1.29, 1.82) is 0 Å². The Labute approximate surface area is 176 Å². The maximum absolute atomic E-state index is 8.33. The van der Waals surface area contributed by atoms with Crippen LogP contribution < -0.4 is 0 Å². The molecule has 2 nitrogen and oxygen atoms in total. The maximum atomic E-state index is 8.33. The Morgan fingerprint density at radius 2 is 1.72 bits per heavy atom. The Balaban J connectivity index is 1.57. The first-order chi connectivity index (χ1) is 15.6. The SMILES string of the molecule is [2H]C([2H])([2H])c1cc(-c2ccc(-c3cccc4c3oc3ccccc34)nc2)ccc1C([2H])(C)C. The van der Waals surface area contributed by atoms with Crippen molar-refractivity contribution in [2.45, 2.75) is 26.6 Å². The van der Waals surface area contributed by atoms with Crippen molar-refractivity contribution in [2.24, 2.45) is 0 Å². The number of pyridine rings is 1. The number of para-hydroxylation sites is 2. The number of hydrogen-bond donors (Lipinski definition) is 0. The molecule has 2 heterocycles. The Bertz CT molecular complexity index is 1470. The Morgan fingerprint density at radius 1 is 0.897 bits per heavy atom. The van der Waals surface area contributed by atoms with Crippen molar-refractivity contribution < 1.29 is 9.90 Å². The highest BCUT2D eigenvalue weighted by Crippen LogP contribution is 2.35. The second-order valence-corrected chi connectivity index (χ2v) is 7.47. The van der Waals surface area contributed by atoms with Gasteiger partial charge in [0.1, 0.15) is 11.2 Å². The van der Waals surface area contributed by atoms with Crippen LogP contribution in [0.15, 0.2) is 83.4 Å². The molecule has 0 atom stereocenters. The van der Waals surface area contributed by atoms with Gasteiger partial charge in [-0.2, -0.15) is 0 Å². The van der Waals surface area contributed by atoms with Gasteiger partial charge in [-0.25, -0.2) is 0 Å². The number of aromatic nitrogens is 1. The molecule has 29 heavy (non-hydrogen) atoms. The molecular formula is C27H23NO. The van der Waals surface area contributed by atoms with Crippen LogP contribution in [0, 0.1) is 6.85 Å². The lowest BCUT2D eigenvalue weighted by molar-refractivity contribution is 0.670. The molecular weight excluding hydrogens is 354 g/mol. The van der Waals surface area contributed by atoms with E-state index in [1.165, 1.54) is 0 Å². The first-order valence-electron chi connectivity index (χ1n) is 11.6. The first kappa shape index (κ1) is 13.7. The summed E-state index contributed by atoms with van der Waals surface area (Å²) in [4.78, 5) is 4.67. The third-order valence-corrected chi connectivity index (χ3v) is 5.34. The summed E-state index contributed by atoms with van der Waals surface area (Å²) in [7, 11) is 0. The quantitative estimate of drug-likeness (QED) is 0.319. The zero-order valence-electron chi connectivity index (χ0n) is 20.4. The summed E-state index contributed by atoms with van der Waals surface area (Å²) in [6.45, 7) is 1.10. The lowest BCUT2D eigenvalue weighted by Gasteiger charge is -2.12. The zero-order chi connectivity index (χ0) is 23.4. The number of aryl methyl sites for hydroxylation is 1. The number of nitrogens with zero attached hydrogens (tertiary/aromatic N) is 1. The molecule has 0 fully saturated rings. The van der Waals surface area contributed by atoms with Gasteiger partial charge in [0.2, 0.25) is 0 Å². The first-order valence-corrected chi connectivity index (χ1v) is 9.65. The summed E-state index contributed by atoms with van der Waals surface area (Å²) in [6.07, 6.45) is 1.75. The summed E-state index contributed by atoms with van der Waals surface area (Å²) in [5.74, 6) is -1.00. The summed E-state index contributed by atoms with van der Waals surface area (Å²) in [6, 6.07) is 23.1. The lowest BCUT2D eigenvalue weighted by atomic mass is 9.94. The molecule has 0 saturated heterocycles. The topological polar surface area (TPSA) is 26.0 Å². The molecule has 2 heteroatoms. The van der Waals surface area contributed by atoms with Gasteiger partial charge in [0.25, 0.3) is 0 Å². The molecule has 0 amide bonds. The van der Waals surface area contributed by atoms with Gasteiger partial charge in [-0.1, -0.05) is 68.4 Å². The van der Waals surface area contributed by atoms with Crippen molar-refractivity contribution in [2.75, 3.05) is 0 Å². The van der Waals surface area contributed by atoms with Gasteiger partial charge < -0.3 is 4.42 Å². The number of fused-ring (bicyclic) bond motifs is 3. The molecule has 0 N–H and O–H groups in total. The number of furan rings is 1. The highest BCUT2D eigenvalue weighted by molar-refractivity contribution is 6.09. The highest BCUT2D eigenvalue weighted by atomic mass is 16.3. The molecule has 0 radical (unpaired) electrons. The predicted molar refractivity (Wildman–Crippen MR) is 121 cm³/mol. The normalized spacial score (nSPS) is 14.4. The van der Waals surface area contributed by atoms with Crippen LogP contribution in [0.1, 0.15) is 36.4 Å². The minimum Gasteiger partial charge on any atom is -0.455 e. The largest absolute Gasteiger partial charge is 0.455 e. The van der Waals surface area contributed by atoms with Gasteiger partial charge in [-0.15, -0.1) is 0 Å². The summed E-state index contributed by atoms with van der Waals surface area (Å²) >= 11 is 0. The van der Waals surface area contributed by atoms with Crippen LogP contribution in [0.3, 0.4) is 0 Å². The van der Waals surface area contributed by atoms with Gasteiger partial charge in [0.05, 0.1) is 5.69 Å². The van der Waals surface area contributed by atoms with Gasteiger partial charge in [-0.3, -0.25) is 4.98 Å². The second kappa shape index (κ2) is 6.89. The highest BCUT2D eigenvalue weighted by Gasteiger charge is 2.13. The fraction of sp³-hybridized carbons (Fsp3) is 0.148. The second-order valence-electron chi connectivity index (χ2n) is 7.47. The van der Waals surface area contributed by atoms with Crippen molar-refractivity contribution in [1.82, 2.24) is 4.98 Å². The molecule has 0 spiro atoms. The van der Waals surface area contributed by atoms with Crippen molar-refractivity contribution in [3.8, 4) is 22.4 Å². The van der Waals surface area contributed by atoms with Crippen LogP contribution in [-0.4, -0.2) is 4.98 Å². The van der Waals surface area contributed by atoms with E-state index in [1.807, 2.05) is 60.7 Å². The number of hydrogen-bond acceptors (Lipinski definition) is 2. The van der Waals surface area contributed by atoms with E-state index in [9.17, 15) is 0 Å². The van der Waals surface area contributed by atoms with Crippen molar-refractivity contribution in [3.05, 3.63) is 90.1 Å². The third kappa shape index (κ3) is 3.01. The van der Waals surface area contributed by atoms with Crippen LogP contribution in [0.25, 0.3) is 44.3 Å². The number of benzene rings is 3. The van der Waals surface area contributed by atoms with E-state index in [0.717, 1.165) is 44.3 Å². The van der Waals surface area contributed by atoms with Crippen LogP contribution in [0.4, 0.5) is 0 Å². The van der Waals surface area contributed by atoms with E-state index < -0.39 is 12.7 Å². The molecule has 0 aliphatic rings. The van der Waals surface area contributed by atoms with E-state index in [2.05, 4.69) is 4.98 Å². The molecule has 0 saturated carbocycles. The van der Waals surface area contributed by atoms with Gasteiger partial charge in [0.15, 0.2) is 0 Å². The Kier molecular flexibility index (Phi) is 3.26. The molecule has 0 aliphatic carbocycles. The molecule has 142 valence electrons. The van der Waals surface area contributed by atoms with Gasteiger partial charge in [0, 0.05) is 33.6 Å². The molecule has 0 aliphatic heterocycles.